The number of nitrogens with one attached hydrogen (secondary N) is 1. The zero-order valence-corrected chi connectivity index (χ0v) is 13.2. The van der Waals surface area contributed by atoms with E-state index in [2.05, 4.69) is 5.32 Å². The predicted molar refractivity (Wildman–Crippen MR) is 89.8 cm³/mol. The third-order valence-corrected chi connectivity index (χ3v) is 3.46. The van der Waals surface area contributed by atoms with Crippen molar-refractivity contribution in [3.63, 3.8) is 0 Å². The maximum absolute atomic E-state index is 12.2. The lowest BCUT2D eigenvalue weighted by Crippen LogP contribution is -2.13. The van der Waals surface area contributed by atoms with Crippen molar-refractivity contribution in [2.75, 3.05) is 5.32 Å². The van der Waals surface area contributed by atoms with Crippen LogP contribution in [-0.2, 0) is 4.79 Å². The summed E-state index contributed by atoms with van der Waals surface area (Å²) < 4.78 is 0. The molecule has 0 saturated heterocycles. The molecule has 0 bridgehead atoms. The summed E-state index contributed by atoms with van der Waals surface area (Å²) in [7, 11) is 0. The quantitative estimate of drug-likeness (QED) is 0.663. The highest BCUT2D eigenvalue weighted by Gasteiger charge is 2.12. The zero-order chi connectivity index (χ0) is 16.8. The highest BCUT2D eigenvalue weighted by molar-refractivity contribution is 6.36. The first-order valence-electron chi connectivity index (χ1n) is 6.42. The maximum Gasteiger partial charge on any atom is 0.266 e. The average molecular weight is 342 g/mol. The molecule has 0 spiro atoms. The highest BCUT2D eigenvalue weighted by atomic mass is 35.5. The summed E-state index contributed by atoms with van der Waals surface area (Å²) in [5.74, 6) is -0.596. The molecule has 0 aliphatic heterocycles. The van der Waals surface area contributed by atoms with Crippen LogP contribution in [0, 0.1) is 22.7 Å². The van der Waals surface area contributed by atoms with Gasteiger partial charge < -0.3 is 5.32 Å². The largest absolute Gasteiger partial charge is 0.320 e. The Morgan fingerprint density at radius 3 is 2.39 bits per heavy atom. The van der Waals surface area contributed by atoms with Gasteiger partial charge in [-0.3, -0.25) is 4.79 Å². The molecule has 0 saturated carbocycles. The number of amides is 1. The van der Waals surface area contributed by atoms with Crippen molar-refractivity contribution in [2.45, 2.75) is 0 Å². The first-order valence-corrected chi connectivity index (χ1v) is 7.17. The summed E-state index contributed by atoms with van der Waals surface area (Å²) in [6.45, 7) is 0. The molecule has 0 heterocycles. The molecule has 1 N–H and O–H groups in total. The lowest BCUT2D eigenvalue weighted by molar-refractivity contribution is -0.112. The van der Waals surface area contributed by atoms with Crippen LogP contribution in [0.1, 0.15) is 11.1 Å². The van der Waals surface area contributed by atoms with Crippen molar-refractivity contribution >= 4 is 40.9 Å². The highest BCUT2D eigenvalue weighted by Crippen LogP contribution is 2.26. The molecule has 23 heavy (non-hydrogen) atoms. The van der Waals surface area contributed by atoms with E-state index in [1.165, 1.54) is 12.1 Å². The molecule has 4 nitrogen and oxygen atoms in total. The van der Waals surface area contributed by atoms with Gasteiger partial charge in [-0.25, -0.2) is 0 Å². The SMILES string of the molecule is N#CC(=Cc1ccc(C#N)cc1)C(=O)Nc1cc(Cl)ccc1Cl. The molecular weight excluding hydrogens is 333 g/mol. The van der Waals surface area contributed by atoms with Gasteiger partial charge in [-0.05, 0) is 42.0 Å². The lowest BCUT2D eigenvalue weighted by Gasteiger charge is -2.07. The van der Waals surface area contributed by atoms with Gasteiger partial charge in [0.15, 0.2) is 0 Å². The number of anilines is 1. The minimum absolute atomic E-state index is 0.0919. The smallest absolute Gasteiger partial charge is 0.266 e. The number of carbonyl (C=O) groups is 1. The number of nitrogens with zero attached hydrogens (tertiary/aromatic N) is 2. The topological polar surface area (TPSA) is 76.7 Å². The second-order valence-electron chi connectivity index (χ2n) is 4.48. The molecule has 2 rings (SSSR count). The maximum atomic E-state index is 12.2. The van der Waals surface area contributed by atoms with E-state index in [9.17, 15) is 4.79 Å². The van der Waals surface area contributed by atoms with Crippen molar-refractivity contribution in [1.82, 2.24) is 0 Å². The Balaban J connectivity index is 2.24. The standard InChI is InChI=1S/C17H9Cl2N3O/c18-14-5-6-15(19)16(8-14)22-17(23)13(10-21)7-11-1-3-12(9-20)4-2-11/h1-8H,(H,22,23). The van der Waals surface area contributed by atoms with E-state index in [1.807, 2.05) is 12.1 Å². The van der Waals surface area contributed by atoms with Crippen LogP contribution in [-0.4, -0.2) is 5.91 Å². The van der Waals surface area contributed by atoms with Gasteiger partial charge in [-0.1, -0.05) is 35.3 Å². The van der Waals surface area contributed by atoms with Crippen LogP contribution in [0.25, 0.3) is 6.08 Å². The van der Waals surface area contributed by atoms with Crippen LogP contribution in [0.4, 0.5) is 5.69 Å². The Morgan fingerprint density at radius 2 is 1.78 bits per heavy atom. The summed E-state index contributed by atoms with van der Waals surface area (Å²) >= 11 is 11.8. The van der Waals surface area contributed by atoms with E-state index in [0.29, 0.717) is 26.9 Å². The minimum atomic E-state index is -0.596. The van der Waals surface area contributed by atoms with Gasteiger partial charge >= 0.3 is 0 Å². The number of nitriles is 2. The average Bonchev–Trinajstić information content (AvgIpc) is 2.56. The third-order valence-electron chi connectivity index (χ3n) is 2.89. The van der Waals surface area contributed by atoms with Crippen LogP contribution in [0.3, 0.4) is 0 Å². The molecule has 0 fully saturated rings. The summed E-state index contributed by atoms with van der Waals surface area (Å²) in [4.78, 5) is 12.2. The van der Waals surface area contributed by atoms with Gasteiger partial charge in [-0.2, -0.15) is 10.5 Å². The molecule has 0 unspecified atom stereocenters. The number of hydrogen-bond acceptors (Lipinski definition) is 3. The fraction of sp³-hybridized carbons (Fsp3) is 0. The molecule has 2 aromatic rings. The van der Waals surface area contributed by atoms with Crippen molar-refractivity contribution in [3.05, 3.63) is 69.2 Å². The molecular formula is C17H9Cl2N3O. The number of halogens is 2. The molecule has 0 atom stereocenters. The van der Waals surface area contributed by atoms with Crippen LogP contribution in [0.5, 0.6) is 0 Å². The Labute approximate surface area is 143 Å². The number of rotatable bonds is 3. The summed E-state index contributed by atoms with van der Waals surface area (Å²) in [5, 5.41) is 21.2. The Morgan fingerprint density at radius 1 is 1.09 bits per heavy atom. The third kappa shape index (κ3) is 4.34. The predicted octanol–water partition coefficient (Wildman–Crippen LogP) is 4.41. The molecule has 6 heteroatoms. The van der Waals surface area contributed by atoms with Gasteiger partial charge in [0.25, 0.3) is 5.91 Å². The Hall–Kier alpha value is -2.79. The zero-order valence-electron chi connectivity index (χ0n) is 11.7. The summed E-state index contributed by atoms with van der Waals surface area (Å²) in [5.41, 5.74) is 1.36. The molecule has 1 amide bonds. The molecule has 0 aliphatic carbocycles. The van der Waals surface area contributed by atoms with E-state index < -0.39 is 5.91 Å². The van der Waals surface area contributed by atoms with E-state index in [0.717, 1.165) is 0 Å². The summed E-state index contributed by atoms with van der Waals surface area (Å²) in [6.07, 6.45) is 1.43. The second-order valence-corrected chi connectivity index (χ2v) is 5.33. The van der Waals surface area contributed by atoms with Gasteiger partial charge in [0, 0.05) is 5.02 Å². The number of benzene rings is 2. The first-order chi connectivity index (χ1) is 11.0. The number of carbonyl (C=O) groups excluding carboxylic acids is 1. The normalized spacial score (nSPS) is 10.5. The van der Waals surface area contributed by atoms with Crippen molar-refractivity contribution in [3.8, 4) is 12.1 Å². The van der Waals surface area contributed by atoms with Gasteiger partial charge in [0.05, 0.1) is 22.3 Å². The minimum Gasteiger partial charge on any atom is -0.320 e. The van der Waals surface area contributed by atoms with Crippen molar-refractivity contribution in [1.29, 1.82) is 10.5 Å². The molecule has 0 radical (unpaired) electrons. The monoisotopic (exact) mass is 341 g/mol. The van der Waals surface area contributed by atoms with E-state index in [-0.39, 0.29) is 5.57 Å². The molecule has 0 aliphatic rings. The second kappa shape index (κ2) is 7.47. The lowest BCUT2D eigenvalue weighted by atomic mass is 10.1. The Kier molecular flexibility index (Phi) is 5.38. The molecule has 0 aromatic heterocycles. The van der Waals surface area contributed by atoms with Crippen LogP contribution in [0.15, 0.2) is 48.0 Å². The van der Waals surface area contributed by atoms with E-state index in [1.54, 1.807) is 36.4 Å². The number of hydrogen-bond donors (Lipinski definition) is 1. The van der Waals surface area contributed by atoms with Crippen LogP contribution >= 0.6 is 23.2 Å². The van der Waals surface area contributed by atoms with Gasteiger partial charge in [0.1, 0.15) is 11.6 Å². The molecule has 2 aromatic carbocycles. The fourth-order valence-electron chi connectivity index (χ4n) is 1.75. The fourth-order valence-corrected chi connectivity index (χ4v) is 2.09. The van der Waals surface area contributed by atoms with Gasteiger partial charge in [-0.15, -0.1) is 0 Å². The van der Waals surface area contributed by atoms with Crippen LogP contribution < -0.4 is 5.32 Å². The van der Waals surface area contributed by atoms with Crippen LogP contribution in [0.2, 0.25) is 10.0 Å². The van der Waals surface area contributed by atoms with E-state index >= 15 is 0 Å². The van der Waals surface area contributed by atoms with Crippen molar-refractivity contribution in [2.24, 2.45) is 0 Å². The summed E-state index contributed by atoms with van der Waals surface area (Å²) in [6, 6.07) is 15.0. The van der Waals surface area contributed by atoms with Gasteiger partial charge in [0.2, 0.25) is 0 Å². The Bertz CT molecular complexity index is 859. The molecule has 112 valence electrons. The van der Waals surface area contributed by atoms with E-state index in [4.69, 9.17) is 33.7 Å². The first kappa shape index (κ1) is 16.6. The van der Waals surface area contributed by atoms with Crippen molar-refractivity contribution < 1.29 is 4.79 Å².